The molecule has 2 aliphatic heterocycles. The van der Waals surface area contributed by atoms with E-state index in [0.717, 1.165) is 50.0 Å². The van der Waals surface area contributed by atoms with Gasteiger partial charge in [-0.05, 0) is 37.8 Å². The molecule has 3 atom stereocenters. The third-order valence-corrected chi connectivity index (χ3v) is 6.44. The lowest BCUT2D eigenvalue weighted by Crippen LogP contribution is -2.43. The molecule has 5 rings (SSSR count). The molecule has 3 fully saturated rings. The highest BCUT2D eigenvalue weighted by Gasteiger charge is 2.49. The number of imide groups is 1. The van der Waals surface area contributed by atoms with Crippen molar-refractivity contribution in [3.8, 4) is 0 Å². The van der Waals surface area contributed by atoms with Crippen LogP contribution in [-0.4, -0.2) is 55.2 Å². The molecule has 2 aromatic rings. The van der Waals surface area contributed by atoms with Crippen LogP contribution >= 0.6 is 0 Å². The average molecular weight is 381 g/mol. The lowest BCUT2D eigenvalue weighted by Gasteiger charge is -2.25. The number of rotatable bonds is 3. The molecule has 2 saturated heterocycles. The molecule has 3 aliphatic rings. The number of fused-ring (bicyclic) bond motifs is 2. The lowest BCUT2D eigenvalue weighted by atomic mass is 9.81. The first kappa shape index (κ1) is 17.3. The van der Waals surface area contributed by atoms with Crippen LogP contribution in [0.15, 0.2) is 24.4 Å². The summed E-state index contributed by atoms with van der Waals surface area (Å²) in [5, 5.41) is 8.49. The summed E-state index contributed by atoms with van der Waals surface area (Å²) in [6.45, 7) is 0.451. The van der Waals surface area contributed by atoms with Crippen LogP contribution in [-0.2, 0) is 14.4 Å². The van der Waals surface area contributed by atoms with Gasteiger partial charge in [-0.2, -0.15) is 0 Å². The number of likely N-dealkylation sites (tertiary alicyclic amines) is 2. The van der Waals surface area contributed by atoms with Crippen molar-refractivity contribution >= 4 is 23.4 Å². The smallest absolute Gasteiger partial charge is 0.243 e. The van der Waals surface area contributed by atoms with E-state index in [1.807, 2.05) is 28.8 Å². The highest BCUT2D eigenvalue weighted by molar-refractivity contribution is 6.07. The fourth-order valence-corrected chi connectivity index (χ4v) is 5.03. The van der Waals surface area contributed by atoms with Crippen molar-refractivity contribution in [1.82, 2.24) is 24.4 Å². The quantitative estimate of drug-likeness (QED) is 0.753. The van der Waals surface area contributed by atoms with Crippen LogP contribution in [0.1, 0.15) is 50.4 Å². The third kappa shape index (κ3) is 2.62. The number of hydrogen-bond acceptors (Lipinski definition) is 5. The first-order chi connectivity index (χ1) is 13.6. The summed E-state index contributed by atoms with van der Waals surface area (Å²) in [6, 6.07) is 5.50. The molecule has 0 spiro atoms. The molecule has 0 bridgehead atoms. The predicted molar refractivity (Wildman–Crippen MR) is 98.8 cm³/mol. The fourth-order valence-electron chi connectivity index (χ4n) is 5.03. The van der Waals surface area contributed by atoms with E-state index >= 15 is 0 Å². The van der Waals surface area contributed by atoms with Gasteiger partial charge in [0.1, 0.15) is 6.54 Å². The van der Waals surface area contributed by atoms with Crippen molar-refractivity contribution in [1.29, 1.82) is 0 Å². The van der Waals surface area contributed by atoms with E-state index in [0.29, 0.717) is 6.54 Å². The molecule has 0 aromatic carbocycles. The van der Waals surface area contributed by atoms with Gasteiger partial charge in [0.15, 0.2) is 11.5 Å². The lowest BCUT2D eigenvalue weighted by molar-refractivity contribution is -0.147. The van der Waals surface area contributed by atoms with Crippen LogP contribution in [0, 0.1) is 11.8 Å². The van der Waals surface area contributed by atoms with Crippen molar-refractivity contribution in [2.45, 2.75) is 44.6 Å². The molecule has 8 nitrogen and oxygen atoms in total. The number of hydrogen-bond donors (Lipinski definition) is 0. The van der Waals surface area contributed by atoms with Gasteiger partial charge in [-0.25, -0.2) is 0 Å². The summed E-state index contributed by atoms with van der Waals surface area (Å²) in [5.41, 5.74) is 0.741. The molecule has 0 radical (unpaired) electrons. The second-order valence-electron chi connectivity index (χ2n) is 7.99. The molecule has 28 heavy (non-hydrogen) atoms. The van der Waals surface area contributed by atoms with Crippen LogP contribution in [0.5, 0.6) is 0 Å². The Balaban J connectivity index is 1.36. The molecule has 2 aromatic heterocycles. The molecule has 3 amide bonds. The Kier molecular flexibility index (Phi) is 4.14. The van der Waals surface area contributed by atoms with Gasteiger partial charge in [-0.3, -0.25) is 23.7 Å². The zero-order valence-corrected chi connectivity index (χ0v) is 15.7. The van der Waals surface area contributed by atoms with Gasteiger partial charge in [0.05, 0.1) is 17.9 Å². The second-order valence-corrected chi connectivity index (χ2v) is 7.99. The number of carbonyl (C=O) groups excluding carboxylic acids is 3. The minimum Gasteiger partial charge on any atom is -0.331 e. The zero-order chi connectivity index (χ0) is 19.3. The zero-order valence-electron chi connectivity index (χ0n) is 15.7. The Morgan fingerprint density at radius 1 is 1.00 bits per heavy atom. The van der Waals surface area contributed by atoms with Crippen molar-refractivity contribution in [3.63, 3.8) is 0 Å². The van der Waals surface area contributed by atoms with Crippen LogP contribution in [0.2, 0.25) is 0 Å². The van der Waals surface area contributed by atoms with E-state index < -0.39 is 0 Å². The molecule has 8 heteroatoms. The van der Waals surface area contributed by atoms with Crippen LogP contribution in [0.4, 0.5) is 0 Å². The second kappa shape index (κ2) is 6.68. The predicted octanol–water partition coefficient (Wildman–Crippen LogP) is 1.57. The van der Waals surface area contributed by atoms with Crippen LogP contribution in [0.25, 0.3) is 5.65 Å². The Bertz CT molecular complexity index is 930. The van der Waals surface area contributed by atoms with E-state index in [-0.39, 0.29) is 42.1 Å². The van der Waals surface area contributed by atoms with Gasteiger partial charge >= 0.3 is 0 Å². The molecule has 146 valence electrons. The normalized spacial score (nSPS) is 27.6. The summed E-state index contributed by atoms with van der Waals surface area (Å²) in [6.07, 6.45) is 7.05. The topological polar surface area (TPSA) is 87.9 Å². The largest absolute Gasteiger partial charge is 0.331 e. The van der Waals surface area contributed by atoms with Gasteiger partial charge in [0.2, 0.25) is 17.7 Å². The number of pyridine rings is 1. The summed E-state index contributed by atoms with van der Waals surface area (Å²) in [4.78, 5) is 41.4. The molecule has 0 unspecified atom stereocenters. The summed E-state index contributed by atoms with van der Waals surface area (Å²) >= 11 is 0. The highest BCUT2D eigenvalue weighted by atomic mass is 16.2. The number of aromatic nitrogens is 3. The van der Waals surface area contributed by atoms with Gasteiger partial charge < -0.3 is 4.90 Å². The SMILES string of the molecule is O=C1[C@H]2CCCC[C@H]2C(=O)N1CC(=O)N1CCC[C@H]1c1nnc2ccccn12. The minimum atomic E-state index is -0.219. The van der Waals surface area contributed by atoms with E-state index in [1.165, 1.54) is 4.90 Å². The first-order valence-electron chi connectivity index (χ1n) is 10.1. The maximum atomic E-state index is 13.1. The summed E-state index contributed by atoms with van der Waals surface area (Å²) in [5.74, 6) is -0.212. The van der Waals surface area contributed by atoms with Gasteiger partial charge in [0, 0.05) is 12.7 Å². The fraction of sp³-hybridized carbons (Fsp3) is 0.550. The van der Waals surface area contributed by atoms with Crippen LogP contribution in [0.3, 0.4) is 0 Å². The van der Waals surface area contributed by atoms with Crippen LogP contribution < -0.4 is 0 Å². The molecular formula is C20H23N5O3. The third-order valence-electron chi connectivity index (χ3n) is 6.44. The monoisotopic (exact) mass is 381 g/mol. The summed E-state index contributed by atoms with van der Waals surface area (Å²) in [7, 11) is 0. The first-order valence-corrected chi connectivity index (χ1v) is 10.1. The Morgan fingerprint density at radius 3 is 2.50 bits per heavy atom. The highest BCUT2D eigenvalue weighted by Crippen LogP contribution is 2.38. The van der Waals surface area contributed by atoms with E-state index in [1.54, 1.807) is 4.90 Å². The van der Waals surface area contributed by atoms with Crippen molar-refractivity contribution in [2.24, 2.45) is 11.8 Å². The molecule has 1 saturated carbocycles. The van der Waals surface area contributed by atoms with Crippen molar-refractivity contribution in [2.75, 3.05) is 13.1 Å². The standard InChI is InChI=1S/C20H23N5O3/c26-17(12-25-19(27)13-6-1-2-7-14(13)20(25)28)23-11-5-8-15(23)18-22-21-16-9-3-4-10-24(16)18/h3-4,9-10,13-15H,1-2,5-8,11-12H2/t13-,14+,15-/m0/s1. The average Bonchev–Trinajstić information content (AvgIpc) is 3.42. The maximum Gasteiger partial charge on any atom is 0.243 e. The number of amides is 3. The minimum absolute atomic E-state index is 0.155. The molecular weight excluding hydrogens is 358 g/mol. The van der Waals surface area contributed by atoms with E-state index in [4.69, 9.17) is 0 Å². The maximum absolute atomic E-state index is 13.1. The van der Waals surface area contributed by atoms with Gasteiger partial charge in [0.25, 0.3) is 0 Å². The van der Waals surface area contributed by atoms with Gasteiger partial charge in [-0.15, -0.1) is 10.2 Å². The van der Waals surface area contributed by atoms with Crippen molar-refractivity contribution < 1.29 is 14.4 Å². The Hall–Kier alpha value is -2.77. The number of carbonyl (C=O) groups is 3. The molecule has 0 N–H and O–H groups in total. The summed E-state index contributed by atoms with van der Waals surface area (Å²) < 4.78 is 1.90. The molecule has 4 heterocycles. The van der Waals surface area contributed by atoms with Gasteiger partial charge in [-0.1, -0.05) is 18.9 Å². The van der Waals surface area contributed by atoms with E-state index in [2.05, 4.69) is 10.2 Å². The van der Waals surface area contributed by atoms with Crippen molar-refractivity contribution in [3.05, 3.63) is 30.2 Å². The number of nitrogens with zero attached hydrogens (tertiary/aromatic N) is 5. The Labute approximate surface area is 162 Å². The molecule has 1 aliphatic carbocycles. The Morgan fingerprint density at radius 2 is 1.75 bits per heavy atom. The van der Waals surface area contributed by atoms with E-state index in [9.17, 15) is 14.4 Å².